The molecule has 0 amide bonds. The molecule has 0 aliphatic heterocycles. The van der Waals surface area contributed by atoms with E-state index in [4.69, 9.17) is 14.7 Å². The number of aliphatic carboxylic acids is 1. The van der Waals surface area contributed by atoms with Crippen LogP contribution in [0.3, 0.4) is 0 Å². The highest BCUT2D eigenvalue weighted by atomic mass is 16.4. The van der Waals surface area contributed by atoms with Gasteiger partial charge in [0.25, 0.3) is 0 Å². The first-order valence-electron chi connectivity index (χ1n) is 2.24. The maximum absolute atomic E-state index is 9.25. The maximum Gasteiger partial charge on any atom is 0.327 e. The molecule has 4 heteroatoms. The third kappa shape index (κ3) is 25000. The van der Waals surface area contributed by atoms with Crippen molar-refractivity contribution in [1.29, 1.82) is 0 Å². The van der Waals surface area contributed by atoms with Crippen LogP contribution < -0.4 is 0 Å². The highest BCUT2D eigenvalue weighted by molar-refractivity contribution is 5.78. The van der Waals surface area contributed by atoms with Gasteiger partial charge >= 0.3 is 5.97 Å². The maximum atomic E-state index is 9.25. The van der Waals surface area contributed by atoms with E-state index in [1.54, 1.807) is 0 Å². The molecular formula is C7H8O4. The van der Waals surface area contributed by atoms with Crippen LogP contribution >= 0.6 is 0 Å². The molecule has 0 aliphatic carbocycles. The molecule has 0 saturated carbocycles. The Morgan fingerprint density at radius 1 is 1.27 bits per heavy atom. The SMILES string of the molecule is C=C=O.C=C=O.C=CC(=O)O. The Kier molecular flexibility index (Phi) is 35.4. The van der Waals surface area contributed by atoms with Gasteiger partial charge in [0.2, 0.25) is 0 Å². The summed E-state index contributed by atoms with van der Waals surface area (Å²) in [5, 5.41) is 7.60. The van der Waals surface area contributed by atoms with Gasteiger partial charge in [0.1, 0.15) is 11.9 Å². The van der Waals surface area contributed by atoms with Gasteiger partial charge in [-0.2, -0.15) is 0 Å². The summed E-state index contributed by atoms with van der Waals surface area (Å²) in [4.78, 5) is 26.4. The molecule has 0 atom stereocenters. The standard InChI is InChI=1S/C3H4O2.2C2H2O/c1-2-3(4)5;2*1-2-3/h2H,1H2,(H,4,5);2*1H2. The number of carbonyl (C=O) groups is 1. The zero-order valence-electron chi connectivity index (χ0n) is 5.87. The fraction of sp³-hybridized carbons (Fsp3) is 0. The summed E-state index contributed by atoms with van der Waals surface area (Å²) >= 11 is 0. The van der Waals surface area contributed by atoms with Gasteiger partial charge in [0, 0.05) is 6.08 Å². The summed E-state index contributed by atoms with van der Waals surface area (Å²) in [6, 6.07) is 0. The Morgan fingerprint density at radius 2 is 1.36 bits per heavy atom. The molecule has 0 aromatic heterocycles. The van der Waals surface area contributed by atoms with Crippen LogP contribution in [-0.4, -0.2) is 23.0 Å². The molecular weight excluding hydrogens is 148 g/mol. The van der Waals surface area contributed by atoms with E-state index in [-0.39, 0.29) is 0 Å². The predicted octanol–water partition coefficient (Wildman–Crippen LogP) is 0.265. The van der Waals surface area contributed by atoms with E-state index in [1.165, 1.54) is 11.9 Å². The minimum Gasteiger partial charge on any atom is -0.478 e. The highest BCUT2D eigenvalue weighted by Crippen LogP contribution is 1.54. The lowest BCUT2D eigenvalue weighted by Gasteiger charge is -1.64. The van der Waals surface area contributed by atoms with Crippen LogP contribution in [-0.2, 0) is 14.4 Å². The van der Waals surface area contributed by atoms with Crippen molar-refractivity contribution in [1.82, 2.24) is 0 Å². The van der Waals surface area contributed by atoms with Crippen molar-refractivity contribution in [3.63, 3.8) is 0 Å². The number of carbonyl (C=O) groups excluding carboxylic acids is 2. The van der Waals surface area contributed by atoms with Gasteiger partial charge in [0.15, 0.2) is 0 Å². The first-order valence-corrected chi connectivity index (χ1v) is 2.24. The number of carboxylic acid groups (broad SMARTS) is 1. The summed E-state index contributed by atoms with van der Waals surface area (Å²) < 4.78 is 0. The minimum atomic E-state index is -0.981. The van der Waals surface area contributed by atoms with E-state index in [2.05, 4.69) is 19.7 Å². The van der Waals surface area contributed by atoms with Crippen molar-refractivity contribution in [3.8, 4) is 0 Å². The molecule has 0 saturated heterocycles. The van der Waals surface area contributed by atoms with Crippen LogP contribution in [0.5, 0.6) is 0 Å². The average molecular weight is 156 g/mol. The molecule has 0 aliphatic rings. The second-order valence-electron chi connectivity index (χ2n) is 0.831. The van der Waals surface area contributed by atoms with Crippen molar-refractivity contribution in [2.45, 2.75) is 0 Å². The van der Waals surface area contributed by atoms with Gasteiger partial charge in [-0.1, -0.05) is 6.58 Å². The lowest BCUT2D eigenvalue weighted by atomic mass is 10.7. The van der Waals surface area contributed by atoms with Gasteiger partial charge in [0.05, 0.1) is 0 Å². The van der Waals surface area contributed by atoms with Crippen LogP contribution in [0.1, 0.15) is 0 Å². The number of hydrogen-bond acceptors (Lipinski definition) is 3. The van der Waals surface area contributed by atoms with Crippen LogP contribution in [0, 0.1) is 0 Å². The van der Waals surface area contributed by atoms with E-state index in [0.717, 1.165) is 6.08 Å². The van der Waals surface area contributed by atoms with Crippen LogP contribution in [0.25, 0.3) is 0 Å². The largest absolute Gasteiger partial charge is 0.478 e. The molecule has 0 rings (SSSR count). The summed E-state index contributed by atoms with van der Waals surface area (Å²) in [6.45, 7) is 8.32. The zero-order chi connectivity index (χ0) is 9.70. The molecule has 4 nitrogen and oxygen atoms in total. The topological polar surface area (TPSA) is 71.4 Å². The molecule has 60 valence electrons. The van der Waals surface area contributed by atoms with Gasteiger partial charge in [-0.3, -0.25) is 0 Å². The zero-order valence-corrected chi connectivity index (χ0v) is 5.87. The smallest absolute Gasteiger partial charge is 0.327 e. The van der Waals surface area contributed by atoms with E-state index in [1.807, 2.05) is 0 Å². The second kappa shape index (κ2) is 24.3. The van der Waals surface area contributed by atoms with E-state index in [0.29, 0.717) is 0 Å². The number of carboxylic acids is 1. The molecule has 0 aromatic rings. The lowest BCUT2D eigenvalue weighted by molar-refractivity contribution is -0.131. The van der Waals surface area contributed by atoms with Crippen LogP contribution in [0.15, 0.2) is 25.8 Å². The lowest BCUT2D eigenvalue weighted by Crippen LogP contribution is -1.82. The van der Waals surface area contributed by atoms with Gasteiger partial charge in [-0.15, -0.1) is 0 Å². The van der Waals surface area contributed by atoms with Gasteiger partial charge in [-0.25, -0.2) is 14.4 Å². The molecule has 0 radical (unpaired) electrons. The van der Waals surface area contributed by atoms with Crippen molar-refractivity contribution < 1.29 is 19.5 Å². The van der Waals surface area contributed by atoms with Crippen molar-refractivity contribution >= 4 is 17.9 Å². The van der Waals surface area contributed by atoms with Crippen molar-refractivity contribution in [2.75, 3.05) is 0 Å². The number of rotatable bonds is 1. The number of hydrogen-bond donors (Lipinski definition) is 1. The summed E-state index contributed by atoms with van der Waals surface area (Å²) in [7, 11) is 0. The Hall–Kier alpha value is -1.89. The fourth-order valence-electron chi connectivity index (χ4n) is 0. The second-order valence-corrected chi connectivity index (χ2v) is 0.831. The molecule has 0 bridgehead atoms. The molecule has 0 heterocycles. The Labute approximate surface area is 64.2 Å². The average Bonchev–Trinajstić information content (AvgIpc) is 1.91. The van der Waals surface area contributed by atoms with E-state index >= 15 is 0 Å². The van der Waals surface area contributed by atoms with Crippen molar-refractivity contribution in [2.24, 2.45) is 0 Å². The third-order valence-corrected chi connectivity index (χ3v) is 0.175. The van der Waals surface area contributed by atoms with Crippen molar-refractivity contribution in [3.05, 3.63) is 25.8 Å². The van der Waals surface area contributed by atoms with Crippen LogP contribution in [0.2, 0.25) is 0 Å². The fourth-order valence-corrected chi connectivity index (χ4v) is 0. The normalized spacial score (nSPS) is 4.36. The molecule has 0 fully saturated rings. The molecule has 1 N–H and O–H groups in total. The third-order valence-electron chi connectivity index (χ3n) is 0.175. The monoisotopic (exact) mass is 156 g/mol. The minimum absolute atomic E-state index is 0.833. The first-order chi connectivity index (χ1) is 5.10. The molecule has 0 spiro atoms. The summed E-state index contributed by atoms with van der Waals surface area (Å²) in [5.74, 6) is 1.52. The molecule has 11 heavy (non-hydrogen) atoms. The Bertz CT molecular complexity index is 157. The highest BCUT2D eigenvalue weighted by Gasteiger charge is 1.73. The summed E-state index contributed by atoms with van der Waals surface area (Å²) in [5.41, 5.74) is 0. The van der Waals surface area contributed by atoms with Gasteiger partial charge < -0.3 is 5.11 Å². The quantitative estimate of drug-likeness (QED) is 0.436. The Morgan fingerprint density at radius 3 is 1.36 bits per heavy atom. The first kappa shape index (κ1) is 16.1. The van der Waals surface area contributed by atoms with Crippen LogP contribution in [0.4, 0.5) is 0 Å². The van der Waals surface area contributed by atoms with E-state index < -0.39 is 5.97 Å². The molecule has 0 aromatic carbocycles. The van der Waals surface area contributed by atoms with Gasteiger partial charge in [-0.05, 0) is 13.2 Å². The summed E-state index contributed by atoms with van der Waals surface area (Å²) in [6.07, 6.45) is 0.833. The molecule has 0 unspecified atom stereocenters. The Balaban J connectivity index is -0.0000000933. The predicted molar refractivity (Wildman–Crippen MR) is 40.5 cm³/mol. The van der Waals surface area contributed by atoms with E-state index in [9.17, 15) is 4.79 Å².